The van der Waals surface area contributed by atoms with E-state index in [0.29, 0.717) is 42.3 Å². The van der Waals surface area contributed by atoms with Gasteiger partial charge in [-0.3, -0.25) is 9.59 Å². The zero-order valence-corrected chi connectivity index (χ0v) is 14.4. The molecule has 122 valence electrons. The van der Waals surface area contributed by atoms with Crippen molar-refractivity contribution in [1.29, 1.82) is 0 Å². The maximum absolute atomic E-state index is 12.1. The highest BCUT2D eigenvalue weighted by Gasteiger charge is 2.22. The number of amides is 1. The molecule has 0 atom stereocenters. The lowest BCUT2D eigenvalue weighted by atomic mass is 9.95. The van der Waals surface area contributed by atoms with E-state index in [0.717, 1.165) is 0 Å². The average Bonchev–Trinajstić information content (AvgIpc) is 2.45. The van der Waals surface area contributed by atoms with Gasteiger partial charge in [0.25, 0.3) is 0 Å². The normalized spacial score (nSPS) is 11.1. The number of benzene rings is 1. The number of alkyl halides is 1. The SMILES string of the molecule is CCOc1cc(C(=O)CCCCl)ccc1NC(=O)C(C)(C)C. The first-order valence-electron chi connectivity index (χ1n) is 7.47. The van der Waals surface area contributed by atoms with E-state index in [4.69, 9.17) is 16.3 Å². The summed E-state index contributed by atoms with van der Waals surface area (Å²) in [5, 5.41) is 2.85. The van der Waals surface area contributed by atoms with Gasteiger partial charge in [-0.15, -0.1) is 11.6 Å². The molecule has 0 bridgehead atoms. The Labute approximate surface area is 137 Å². The second-order valence-electron chi connectivity index (χ2n) is 6.06. The van der Waals surface area contributed by atoms with Crippen molar-refractivity contribution in [3.05, 3.63) is 23.8 Å². The van der Waals surface area contributed by atoms with Crippen LogP contribution in [0.2, 0.25) is 0 Å². The monoisotopic (exact) mass is 325 g/mol. The molecule has 0 aliphatic carbocycles. The van der Waals surface area contributed by atoms with Crippen molar-refractivity contribution in [2.75, 3.05) is 17.8 Å². The molecule has 1 N–H and O–H groups in total. The number of carbonyl (C=O) groups excluding carboxylic acids is 2. The number of hydrogen-bond donors (Lipinski definition) is 1. The molecule has 0 radical (unpaired) electrons. The van der Waals surface area contributed by atoms with Crippen LogP contribution in [0.4, 0.5) is 5.69 Å². The molecule has 0 saturated heterocycles. The van der Waals surface area contributed by atoms with E-state index in [1.807, 2.05) is 27.7 Å². The Morgan fingerprint density at radius 3 is 2.50 bits per heavy atom. The summed E-state index contributed by atoms with van der Waals surface area (Å²) in [6.07, 6.45) is 1.05. The van der Waals surface area contributed by atoms with Gasteiger partial charge in [-0.2, -0.15) is 0 Å². The van der Waals surface area contributed by atoms with Gasteiger partial charge in [-0.1, -0.05) is 20.8 Å². The molecule has 0 fully saturated rings. The molecule has 1 rings (SSSR count). The van der Waals surface area contributed by atoms with E-state index in [1.165, 1.54) is 0 Å². The molecule has 1 aromatic carbocycles. The first-order chi connectivity index (χ1) is 10.3. The van der Waals surface area contributed by atoms with Crippen LogP contribution in [0.1, 0.15) is 50.9 Å². The minimum absolute atomic E-state index is 0.0234. The molecule has 0 heterocycles. The van der Waals surface area contributed by atoms with Crippen LogP contribution < -0.4 is 10.1 Å². The van der Waals surface area contributed by atoms with Crippen molar-refractivity contribution >= 4 is 29.0 Å². The maximum atomic E-state index is 12.1. The third-order valence-electron chi connectivity index (χ3n) is 3.07. The van der Waals surface area contributed by atoms with Gasteiger partial charge in [0.15, 0.2) is 5.78 Å². The summed E-state index contributed by atoms with van der Waals surface area (Å²) in [6.45, 7) is 7.83. The lowest BCUT2D eigenvalue weighted by Crippen LogP contribution is -2.27. The van der Waals surface area contributed by atoms with Gasteiger partial charge >= 0.3 is 0 Å². The topological polar surface area (TPSA) is 55.4 Å². The second-order valence-corrected chi connectivity index (χ2v) is 6.44. The predicted octanol–water partition coefficient (Wildman–Crippen LogP) is 4.27. The van der Waals surface area contributed by atoms with Crippen molar-refractivity contribution in [3.63, 3.8) is 0 Å². The Bertz CT molecular complexity index is 535. The number of nitrogens with one attached hydrogen (secondary N) is 1. The molecule has 22 heavy (non-hydrogen) atoms. The van der Waals surface area contributed by atoms with Crippen LogP contribution in [0.5, 0.6) is 5.75 Å². The number of halogens is 1. The summed E-state index contributed by atoms with van der Waals surface area (Å²) in [5.41, 5.74) is 0.649. The van der Waals surface area contributed by atoms with E-state index >= 15 is 0 Å². The zero-order valence-electron chi connectivity index (χ0n) is 13.7. The number of rotatable bonds is 7. The lowest BCUT2D eigenvalue weighted by Gasteiger charge is -2.19. The number of Topliss-reactive ketones (excluding diaryl/α,β-unsaturated/α-hetero) is 1. The molecule has 0 saturated carbocycles. The Morgan fingerprint density at radius 2 is 1.95 bits per heavy atom. The van der Waals surface area contributed by atoms with Crippen LogP contribution >= 0.6 is 11.6 Å². The van der Waals surface area contributed by atoms with Crippen molar-refractivity contribution in [2.45, 2.75) is 40.5 Å². The van der Waals surface area contributed by atoms with Crippen LogP contribution in [0, 0.1) is 5.41 Å². The highest BCUT2D eigenvalue weighted by Crippen LogP contribution is 2.28. The van der Waals surface area contributed by atoms with Crippen LogP contribution in [0.3, 0.4) is 0 Å². The smallest absolute Gasteiger partial charge is 0.229 e. The molecule has 0 aliphatic rings. The average molecular weight is 326 g/mol. The third-order valence-corrected chi connectivity index (χ3v) is 3.34. The highest BCUT2D eigenvalue weighted by atomic mass is 35.5. The summed E-state index contributed by atoms with van der Waals surface area (Å²) in [5.74, 6) is 0.894. The number of carbonyl (C=O) groups is 2. The minimum atomic E-state index is -0.502. The quantitative estimate of drug-likeness (QED) is 0.601. The van der Waals surface area contributed by atoms with E-state index < -0.39 is 5.41 Å². The van der Waals surface area contributed by atoms with Crippen LogP contribution in [-0.2, 0) is 4.79 Å². The Hall–Kier alpha value is -1.55. The van der Waals surface area contributed by atoms with Crippen molar-refractivity contribution in [3.8, 4) is 5.75 Å². The Kier molecular flexibility index (Phi) is 6.88. The molecule has 0 unspecified atom stereocenters. The summed E-state index contributed by atoms with van der Waals surface area (Å²) < 4.78 is 5.55. The van der Waals surface area contributed by atoms with Gasteiger partial charge in [0.1, 0.15) is 5.75 Å². The largest absolute Gasteiger partial charge is 0.492 e. The molecular weight excluding hydrogens is 302 g/mol. The molecule has 1 amide bonds. The molecule has 1 aromatic rings. The number of hydrogen-bond acceptors (Lipinski definition) is 3. The van der Waals surface area contributed by atoms with E-state index in [9.17, 15) is 9.59 Å². The highest BCUT2D eigenvalue weighted by molar-refractivity contribution is 6.18. The molecule has 5 heteroatoms. The summed E-state index contributed by atoms with van der Waals surface area (Å²) in [7, 11) is 0. The minimum Gasteiger partial charge on any atom is -0.492 e. The number of ketones is 1. The van der Waals surface area contributed by atoms with Crippen molar-refractivity contribution < 1.29 is 14.3 Å². The lowest BCUT2D eigenvalue weighted by molar-refractivity contribution is -0.123. The van der Waals surface area contributed by atoms with E-state index in [2.05, 4.69) is 5.32 Å². The van der Waals surface area contributed by atoms with Gasteiger partial charge in [-0.25, -0.2) is 0 Å². The van der Waals surface area contributed by atoms with Crippen molar-refractivity contribution in [1.82, 2.24) is 0 Å². The van der Waals surface area contributed by atoms with Gasteiger partial charge < -0.3 is 10.1 Å². The van der Waals surface area contributed by atoms with Crippen molar-refractivity contribution in [2.24, 2.45) is 5.41 Å². The molecule has 0 aromatic heterocycles. The first-order valence-corrected chi connectivity index (χ1v) is 8.00. The fraction of sp³-hybridized carbons (Fsp3) is 0.529. The van der Waals surface area contributed by atoms with E-state index in [1.54, 1.807) is 18.2 Å². The zero-order chi connectivity index (χ0) is 16.8. The van der Waals surface area contributed by atoms with E-state index in [-0.39, 0.29) is 11.7 Å². The van der Waals surface area contributed by atoms with Crippen LogP contribution in [0.15, 0.2) is 18.2 Å². The van der Waals surface area contributed by atoms with Crippen LogP contribution in [-0.4, -0.2) is 24.2 Å². The summed E-state index contributed by atoms with van der Waals surface area (Å²) in [6, 6.07) is 5.10. The molecule has 4 nitrogen and oxygen atoms in total. The molecular formula is C17H24ClNO3. The fourth-order valence-corrected chi connectivity index (χ4v) is 1.89. The number of anilines is 1. The number of ether oxygens (including phenoxy) is 1. The van der Waals surface area contributed by atoms with Gasteiger partial charge in [0.05, 0.1) is 12.3 Å². The van der Waals surface area contributed by atoms with Crippen LogP contribution in [0.25, 0.3) is 0 Å². The Balaban J connectivity index is 2.99. The van der Waals surface area contributed by atoms with Gasteiger partial charge in [0, 0.05) is 23.3 Å². The maximum Gasteiger partial charge on any atom is 0.229 e. The standard InChI is InChI=1S/C17H24ClNO3/c1-5-22-15-11-12(14(20)7-6-10-18)8-9-13(15)19-16(21)17(2,3)4/h8-9,11H,5-7,10H2,1-4H3,(H,19,21). The molecule has 0 aliphatic heterocycles. The predicted molar refractivity (Wildman–Crippen MR) is 90.0 cm³/mol. The molecule has 0 spiro atoms. The summed E-state index contributed by atoms with van der Waals surface area (Å²) >= 11 is 5.61. The summed E-state index contributed by atoms with van der Waals surface area (Å²) in [4.78, 5) is 24.2. The third kappa shape index (κ3) is 5.34. The Morgan fingerprint density at radius 1 is 1.27 bits per heavy atom. The van der Waals surface area contributed by atoms with Gasteiger partial charge in [-0.05, 0) is 31.5 Å². The van der Waals surface area contributed by atoms with Gasteiger partial charge in [0.2, 0.25) is 5.91 Å². The first kappa shape index (κ1) is 18.5. The second kappa shape index (κ2) is 8.18. The fourth-order valence-electron chi connectivity index (χ4n) is 1.76.